The van der Waals surface area contributed by atoms with E-state index in [1.807, 2.05) is 22.7 Å². The second kappa shape index (κ2) is 7.16. The molecular formula is C19H24FN3O. The first kappa shape index (κ1) is 16.7. The fourth-order valence-corrected chi connectivity index (χ4v) is 3.21. The topological polar surface area (TPSA) is 38.1 Å². The Bertz CT molecular complexity index is 708. The van der Waals surface area contributed by atoms with Crippen LogP contribution in [0.2, 0.25) is 0 Å². The second-order valence-electron chi connectivity index (χ2n) is 6.64. The zero-order chi connectivity index (χ0) is 17.1. The molecule has 1 atom stereocenters. The molecule has 1 aliphatic heterocycles. The number of amides is 1. The van der Waals surface area contributed by atoms with Crippen molar-refractivity contribution in [1.82, 2.24) is 14.7 Å². The molecule has 1 aliphatic rings. The summed E-state index contributed by atoms with van der Waals surface area (Å²) in [5.74, 6) is 0.0720. The van der Waals surface area contributed by atoms with E-state index in [0.29, 0.717) is 19.6 Å². The molecule has 0 saturated heterocycles. The van der Waals surface area contributed by atoms with Gasteiger partial charge in [-0.25, -0.2) is 4.39 Å². The maximum Gasteiger partial charge on any atom is 0.226 e. The van der Waals surface area contributed by atoms with Crippen LogP contribution in [-0.4, -0.2) is 20.6 Å². The van der Waals surface area contributed by atoms with Crippen LogP contribution in [-0.2, 0) is 24.4 Å². The number of rotatable bonds is 6. The molecule has 1 amide bonds. The molecule has 2 aromatic rings. The molecule has 4 nitrogen and oxygen atoms in total. The van der Waals surface area contributed by atoms with Gasteiger partial charge in [0.25, 0.3) is 0 Å². The lowest BCUT2D eigenvalue weighted by Crippen LogP contribution is -2.31. The quantitative estimate of drug-likeness (QED) is 0.810. The summed E-state index contributed by atoms with van der Waals surface area (Å²) < 4.78 is 14.9. The molecule has 1 aromatic heterocycles. The summed E-state index contributed by atoms with van der Waals surface area (Å²) in [4.78, 5) is 14.5. The number of carbonyl (C=O) groups is 1. The minimum absolute atomic E-state index is 0.0764. The van der Waals surface area contributed by atoms with Gasteiger partial charge in [0.2, 0.25) is 5.91 Å². The van der Waals surface area contributed by atoms with E-state index in [0.717, 1.165) is 36.1 Å². The number of aromatic nitrogens is 2. The van der Waals surface area contributed by atoms with Gasteiger partial charge in [-0.3, -0.25) is 9.48 Å². The van der Waals surface area contributed by atoms with E-state index in [1.165, 1.54) is 12.1 Å². The smallest absolute Gasteiger partial charge is 0.226 e. The Morgan fingerprint density at radius 1 is 1.29 bits per heavy atom. The molecule has 128 valence electrons. The van der Waals surface area contributed by atoms with Crippen LogP contribution >= 0.6 is 0 Å². The van der Waals surface area contributed by atoms with Crippen LogP contribution in [0.1, 0.15) is 49.9 Å². The molecule has 2 heterocycles. The summed E-state index contributed by atoms with van der Waals surface area (Å²) in [6.07, 6.45) is 5.00. The van der Waals surface area contributed by atoms with Crippen LogP contribution in [0.15, 0.2) is 30.5 Å². The number of halogens is 1. The van der Waals surface area contributed by atoms with E-state index in [9.17, 15) is 9.18 Å². The third-order valence-corrected chi connectivity index (χ3v) is 4.71. The highest BCUT2D eigenvalue weighted by Gasteiger charge is 2.29. The molecule has 24 heavy (non-hydrogen) atoms. The monoisotopic (exact) mass is 329 g/mol. The van der Waals surface area contributed by atoms with Gasteiger partial charge in [-0.05, 0) is 24.1 Å². The minimum Gasteiger partial charge on any atom is -0.332 e. The second-order valence-corrected chi connectivity index (χ2v) is 6.64. The highest BCUT2D eigenvalue weighted by atomic mass is 19.1. The zero-order valence-corrected chi connectivity index (χ0v) is 14.3. The first-order valence-electron chi connectivity index (χ1n) is 8.65. The van der Waals surface area contributed by atoms with Crippen LogP contribution in [0.3, 0.4) is 0 Å². The largest absolute Gasteiger partial charge is 0.332 e. The van der Waals surface area contributed by atoms with Gasteiger partial charge >= 0.3 is 0 Å². The van der Waals surface area contributed by atoms with Crippen molar-refractivity contribution in [2.24, 2.45) is 5.92 Å². The van der Waals surface area contributed by atoms with Gasteiger partial charge in [0.1, 0.15) is 5.82 Å². The number of fused-ring (bicyclic) bond motifs is 1. The first-order valence-corrected chi connectivity index (χ1v) is 8.65. The van der Waals surface area contributed by atoms with Gasteiger partial charge in [-0.1, -0.05) is 38.8 Å². The number of carbonyl (C=O) groups excluding carboxylic acids is 1. The van der Waals surface area contributed by atoms with Crippen LogP contribution < -0.4 is 0 Å². The maximum absolute atomic E-state index is 13.0. The molecule has 0 fully saturated rings. The summed E-state index contributed by atoms with van der Waals surface area (Å²) in [7, 11) is 0. The highest BCUT2D eigenvalue weighted by molar-refractivity contribution is 5.79. The predicted molar refractivity (Wildman–Crippen MR) is 90.7 cm³/mol. The van der Waals surface area contributed by atoms with Gasteiger partial charge in [0.05, 0.1) is 25.0 Å². The van der Waals surface area contributed by atoms with Crippen LogP contribution in [0.4, 0.5) is 4.39 Å². The van der Waals surface area contributed by atoms with Crippen molar-refractivity contribution in [1.29, 1.82) is 0 Å². The summed E-state index contributed by atoms with van der Waals surface area (Å²) in [5, 5.41) is 4.43. The van der Waals surface area contributed by atoms with Crippen molar-refractivity contribution >= 4 is 5.91 Å². The van der Waals surface area contributed by atoms with Crippen molar-refractivity contribution in [3.8, 4) is 0 Å². The van der Waals surface area contributed by atoms with Crippen molar-refractivity contribution in [2.45, 2.75) is 52.7 Å². The van der Waals surface area contributed by atoms with Crippen LogP contribution in [0.25, 0.3) is 0 Å². The average molecular weight is 329 g/mol. The molecule has 0 bridgehead atoms. The van der Waals surface area contributed by atoms with Gasteiger partial charge in [-0.2, -0.15) is 5.10 Å². The Hall–Kier alpha value is -2.17. The van der Waals surface area contributed by atoms with Crippen molar-refractivity contribution in [3.05, 3.63) is 53.1 Å². The lowest BCUT2D eigenvalue weighted by Gasteiger charge is -2.20. The molecule has 0 aliphatic carbocycles. The summed E-state index contributed by atoms with van der Waals surface area (Å²) in [6.45, 7) is 6.03. The van der Waals surface area contributed by atoms with E-state index in [1.54, 1.807) is 12.1 Å². The standard InChI is InChI=1S/C19H24FN3O/c1-3-4-5-14(2)19(24)22-12-16-10-21-23(18(16)13-22)11-15-6-8-17(20)9-7-15/h6-10,14H,3-5,11-13H2,1-2H3. The van der Waals surface area contributed by atoms with Crippen molar-refractivity contribution in [3.63, 3.8) is 0 Å². The SMILES string of the molecule is CCCCC(C)C(=O)N1Cc2cnn(Cc3ccc(F)cc3)c2C1. The molecule has 1 aromatic carbocycles. The van der Waals surface area contributed by atoms with Gasteiger partial charge in [0, 0.05) is 18.0 Å². The molecule has 0 radical (unpaired) electrons. The number of hydrogen-bond acceptors (Lipinski definition) is 2. The van der Waals surface area contributed by atoms with E-state index in [2.05, 4.69) is 12.0 Å². The van der Waals surface area contributed by atoms with E-state index >= 15 is 0 Å². The predicted octanol–water partition coefficient (Wildman–Crippen LogP) is 3.74. The van der Waals surface area contributed by atoms with E-state index < -0.39 is 0 Å². The van der Waals surface area contributed by atoms with E-state index in [-0.39, 0.29) is 17.6 Å². The molecule has 0 N–H and O–H groups in total. The highest BCUT2D eigenvalue weighted by Crippen LogP contribution is 2.25. The molecule has 0 spiro atoms. The minimum atomic E-state index is -0.234. The zero-order valence-electron chi connectivity index (χ0n) is 14.3. The van der Waals surface area contributed by atoms with Gasteiger partial charge < -0.3 is 4.90 Å². The number of hydrogen-bond donors (Lipinski definition) is 0. The summed E-state index contributed by atoms with van der Waals surface area (Å²) in [5.41, 5.74) is 3.21. The number of unbranched alkanes of at least 4 members (excludes halogenated alkanes) is 1. The van der Waals surface area contributed by atoms with Crippen LogP contribution in [0.5, 0.6) is 0 Å². The number of nitrogens with zero attached hydrogens (tertiary/aromatic N) is 3. The Morgan fingerprint density at radius 3 is 2.75 bits per heavy atom. The Morgan fingerprint density at radius 2 is 2.04 bits per heavy atom. The Kier molecular flexibility index (Phi) is 4.97. The Balaban J connectivity index is 1.67. The number of benzene rings is 1. The summed E-state index contributed by atoms with van der Waals surface area (Å²) in [6, 6.07) is 6.47. The van der Waals surface area contributed by atoms with Crippen molar-refractivity contribution < 1.29 is 9.18 Å². The van der Waals surface area contributed by atoms with Crippen LogP contribution in [0, 0.1) is 11.7 Å². The fourth-order valence-electron chi connectivity index (χ4n) is 3.21. The molecule has 0 saturated carbocycles. The lowest BCUT2D eigenvalue weighted by atomic mass is 10.0. The van der Waals surface area contributed by atoms with E-state index in [4.69, 9.17) is 0 Å². The van der Waals surface area contributed by atoms with Crippen molar-refractivity contribution in [2.75, 3.05) is 0 Å². The third-order valence-electron chi connectivity index (χ3n) is 4.71. The molecular weight excluding hydrogens is 305 g/mol. The average Bonchev–Trinajstić information content (AvgIpc) is 3.16. The normalized spacial score (nSPS) is 14.7. The Labute approximate surface area is 142 Å². The van der Waals surface area contributed by atoms with Gasteiger partial charge in [-0.15, -0.1) is 0 Å². The molecule has 1 unspecified atom stereocenters. The fraction of sp³-hybridized carbons (Fsp3) is 0.474. The first-order chi connectivity index (χ1) is 11.6. The lowest BCUT2D eigenvalue weighted by molar-refractivity contribution is -0.135. The molecule has 5 heteroatoms. The van der Waals surface area contributed by atoms with Gasteiger partial charge in [0.15, 0.2) is 0 Å². The molecule has 3 rings (SSSR count). The maximum atomic E-state index is 13.0. The third kappa shape index (κ3) is 3.50. The summed E-state index contributed by atoms with van der Waals surface area (Å²) >= 11 is 0.